The number of aromatic hydroxyl groups is 1. The molecule has 0 aliphatic carbocycles. The Balaban J connectivity index is 1.12. The average Bonchev–Trinajstić information content (AvgIpc) is 3.55. The number of pyridine rings is 1. The average molecular weight is 760 g/mol. The number of rotatable bonds is 13. The molecular weight excluding hydrogens is 721 g/mol. The van der Waals surface area contributed by atoms with E-state index in [1.165, 1.54) is 29.0 Å². The summed E-state index contributed by atoms with van der Waals surface area (Å²) in [7, 11) is 0. The Labute approximate surface area is 305 Å². The third-order valence-electron chi connectivity index (χ3n) is 10.1. The zero-order valence-corrected chi connectivity index (χ0v) is 30.0. The quantitative estimate of drug-likeness (QED) is 0.0529. The smallest absolute Gasteiger partial charge is 0.347 e. The maximum Gasteiger partial charge on any atom is 0.347 e. The fourth-order valence-electron chi connectivity index (χ4n) is 6.99. The topological polar surface area (TPSA) is 256 Å². The summed E-state index contributed by atoms with van der Waals surface area (Å²) in [6.07, 6.45) is 2.38. The number of quaternary nitrogens is 1. The summed E-state index contributed by atoms with van der Waals surface area (Å²) in [6, 6.07) is 0.0674. The Morgan fingerprint density at radius 1 is 1.23 bits per heavy atom. The number of nitrogen functional groups attached to an aromatic ring is 1. The number of ether oxygens (including phenoxy) is 1. The van der Waals surface area contributed by atoms with Crippen LogP contribution in [0, 0.1) is 5.41 Å². The number of piperidine rings is 3. The second-order valence-electron chi connectivity index (χ2n) is 13.4. The number of fused-ring (bicyclic) bond motifs is 4. The fraction of sp³-hybridized carbons (Fsp3) is 0.500. The van der Waals surface area contributed by atoms with Crippen molar-refractivity contribution in [1.82, 2.24) is 25.5 Å². The number of esters is 1. The van der Waals surface area contributed by atoms with Crippen molar-refractivity contribution in [2.45, 2.75) is 57.1 Å². The Kier molecular flexibility index (Phi) is 10.3. The molecule has 52 heavy (non-hydrogen) atoms. The van der Waals surface area contributed by atoms with Gasteiger partial charge in [-0.15, -0.1) is 23.1 Å². The van der Waals surface area contributed by atoms with Gasteiger partial charge < -0.3 is 45.6 Å². The number of aliphatic carboxylic acids is 1. The highest BCUT2D eigenvalue weighted by atomic mass is 32.2. The van der Waals surface area contributed by atoms with E-state index < -0.39 is 58.4 Å². The fourth-order valence-corrected chi connectivity index (χ4v) is 8.85. The van der Waals surface area contributed by atoms with Crippen LogP contribution in [0.5, 0.6) is 5.75 Å². The number of thiazole rings is 1. The number of nitrogens with two attached hydrogens (primary N) is 1. The number of carboxylic acids is 1. The number of carbonyl (C=O) groups is 5. The van der Waals surface area contributed by atoms with Crippen LogP contribution in [0.15, 0.2) is 39.0 Å². The van der Waals surface area contributed by atoms with Gasteiger partial charge in [-0.05, 0) is 6.42 Å². The molecule has 0 spiro atoms. The molecule has 4 saturated heterocycles. The molecule has 7 heterocycles. The van der Waals surface area contributed by atoms with Crippen LogP contribution in [0.2, 0.25) is 0 Å². The Morgan fingerprint density at radius 2 is 1.94 bits per heavy atom. The number of amides is 3. The highest BCUT2D eigenvalue weighted by Gasteiger charge is 2.56. The summed E-state index contributed by atoms with van der Waals surface area (Å²) in [4.78, 5) is 88.5. The lowest BCUT2D eigenvalue weighted by molar-refractivity contribution is -0.941. The molecule has 0 unspecified atom stereocenters. The molecule has 3 amide bonds. The van der Waals surface area contributed by atoms with Gasteiger partial charge in [0.1, 0.15) is 29.3 Å². The Bertz CT molecular complexity index is 1900. The number of thioether (sulfide) groups is 1. The molecule has 2 aromatic heterocycles. The van der Waals surface area contributed by atoms with Crippen molar-refractivity contribution in [3.63, 3.8) is 0 Å². The number of anilines is 1. The van der Waals surface area contributed by atoms with Gasteiger partial charge in [-0.1, -0.05) is 12.1 Å². The van der Waals surface area contributed by atoms with Crippen LogP contribution in [-0.2, 0) is 28.8 Å². The number of aromatic nitrogens is 2. The maximum atomic E-state index is 13.6. The number of hydrogen-bond acceptors (Lipinski definition) is 14. The summed E-state index contributed by atoms with van der Waals surface area (Å²) < 4.78 is 6.40. The lowest BCUT2D eigenvalue weighted by atomic mass is 9.70. The van der Waals surface area contributed by atoms with Crippen LogP contribution in [0.4, 0.5) is 5.13 Å². The van der Waals surface area contributed by atoms with E-state index in [1.807, 2.05) is 0 Å². The van der Waals surface area contributed by atoms with Crippen LogP contribution >= 0.6 is 23.1 Å². The van der Waals surface area contributed by atoms with Crippen LogP contribution in [0.25, 0.3) is 0 Å². The first kappa shape index (κ1) is 36.8. The van der Waals surface area contributed by atoms with Gasteiger partial charge in [0.15, 0.2) is 16.6 Å². The lowest BCUT2D eigenvalue weighted by Gasteiger charge is -2.56. The second-order valence-corrected chi connectivity index (χ2v) is 15.4. The van der Waals surface area contributed by atoms with Crippen molar-refractivity contribution in [3.8, 4) is 5.75 Å². The number of aromatic amines is 1. The van der Waals surface area contributed by atoms with E-state index in [2.05, 4.69) is 25.8 Å². The molecule has 5 aliphatic rings. The Hall–Kier alpha value is -4.95. The first-order chi connectivity index (χ1) is 24.7. The van der Waals surface area contributed by atoms with E-state index in [0.717, 1.165) is 72.6 Å². The highest BCUT2D eigenvalue weighted by Crippen LogP contribution is 2.46. The molecule has 20 heteroatoms. The number of carboxylic acid groups (broad SMARTS) is 1. The van der Waals surface area contributed by atoms with Gasteiger partial charge in [-0.25, -0.2) is 9.78 Å². The van der Waals surface area contributed by atoms with Crippen molar-refractivity contribution in [2.75, 3.05) is 44.2 Å². The van der Waals surface area contributed by atoms with Crippen molar-refractivity contribution < 1.29 is 48.2 Å². The predicted molar refractivity (Wildman–Crippen MR) is 187 cm³/mol. The van der Waals surface area contributed by atoms with Crippen LogP contribution in [0.1, 0.15) is 55.7 Å². The van der Waals surface area contributed by atoms with Gasteiger partial charge >= 0.3 is 11.9 Å². The van der Waals surface area contributed by atoms with Crippen LogP contribution < -0.4 is 21.8 Å². The number of β-lactam (4-membered cyclic amide) rings is 1. The molecule has 7 N–H and O–H groups in total. The molecule has 2 aromatic rings. The van der Waals surface area contributed by atoms with E-state index in [4.69, 9.17) is 15.3 Å². The summed E-state index contributed by atoms with van der Waals surface area (Å²) in [5.74, 6) is -3.42. The first-order valence-electron chi connectivity index (χ1n) is 16.6. The van der Waals surface area contributed by atoms with Crippen molar-refractivity contribution in [2.24, 2.45) is 10.6 Å². The van der Waals surface area contributed by atoms with Gasteiger partial charge in [0.25, 0.3) is 17.7 Å². The van der Waals surface area contributed by atoms with Gasteiger partial charge in [-0.3, -0.25) is 28.9 Å². The van der Waals surface area contributed by atoms with E-state index in [1.54, 1.807) is 6.92 Å². The molecule has 2 bridgehead atoms. The largest absolute Gasteiger partial charge is 0.503 e. The van der Waals surface area contributed by atoms with E-state index in [9.17, 15) is 39.0 Å². The number of nitrogens with one attached hydrogen (secondary N) is 3. The Morgan fingerprint density at radius 3 is 2.54 bits per heavy atom. The van der Waals surface area contributed by atoms with Gasteiger partial charge in [0, 0.05) is 61.5 Å². The zero-order chi connectivity index (χ0) is 37.4. The number of nitrogens with zero attached hydrogens (tertiary/aromatic N) is 4. The summed E-state index contributed by atoms with van der Waals surface area (Å²) in [5.41, 5.74) is 5.61. The van der Waals surface area contributed by atoms with Crippen molar-refractivity contribution in [3.05, 3.63) is 50.7 Å². The van der Waals surface area contributed by atoms with E-state index in [-0.39, 0.29) is 40.0 Å². The van der Waals surface area contributed by atoms with Gasteiger partial charge in [-0.2, -0.15) is 0 Å². The SMILES string of the molecule is CC[C@H](O/N=C(\C(=O)N[C@@H]1C(=O)N2C(OC(C)=O)=C(C[N+]34CCC(CNC(=O)c5cc(=O)c(O)c[nH]5)(CC3)CC4)CS[C@H]12)c1csc(N)n1)C(=O)O. The summed E-state index contributed by atoms with van der Waals surface area (Å²) >= 11 is 2.47. The zero-order valence-electron chi connectivity index (χ0n) is 28.4. The predicted octanol–water partition coefficient (Wildman–Crippen LogP) is 0.308. The monoisotopic (exact) mass is 759 g/mol. The first-order valence-corrected chi connectivity index (χ1v) is 18.6. The maximum absolute atomic E-state index is 13.6. The second kappa shape index (κ2) is 14.6. The molecular formula is C32H39N8O10S2+. The van der Waals surface area contributed by atoms with Crippen molar-refractivity contribution in [1.29, 1.82) is 0 Å². The third kappa shape index (κ3) is 7.35. The number of oxime groups is 1. The molecule has 3 atom stereocenters. The van der Waals surface area contributed by atoms with Crippen LogP contribution in [-0.4, -0.2) is 121 Å². The summed E-state index contributed by atoms with van der Waals surface area (Å²) in [5, 5.41) is 29.3. The molecule has 0 radical (unpaired) electrons. The normalized spacial score (nSPS) is 25.8. The van der Waals surface area contributed by atoms with E-state index in [0.29, 0.717) is 18.8 Å². The van der Waals surface area contributed by atoms with Gasteiger partial charge in [0.05, 0.1) is 25.2 Å². The standard InChI is InChI=1S/C32H38N8O10S2/c1-3-22(30(47)48)50-38-23(19-14-52-31(33)36-19)26(45)37-24-27(46)39-28(49-16(2)41)17(13-51-29(24)39)12-40-7-4-32(5-8-40,6-9-40)15-35-25(44)18-10-20(42)21(43)11-34-18/h10-11,14,22,24,29H,3-9,12-13,15H2,1-2H3,(H6-,33,34,35,36,37,38,42,43,44,45,47,48)/p+1/t22-,24+,29+,32?,40?/m0/s1. The molecule has 7 rings (SSSR count). The molecule has 0 aromatic carbocycles. The molecule has 4 fully saturated rings. The third-order valence-corrected chi connectivity index (χ3v) is 12.1. The minimum absolute atomic E-state index is 0.0556. The number of hydrogen-bond donors (Lipinski definition) is 6. The summed E-state index contributed by atoms with van der Waals surface area (Å²) in [6.45, 7) is 6.29. The highest BCUT2D eigenvalue weighted by molar-refractivity contribution is 8.00. The van der Waals surface area contributed by atoms with Crippen molar-refractivity contribution >= 4 is 63.6 Å². The van der Waals surface area contributed by atoms with Gasteiger partial charge in [0.2, 0.25) is 17.4 Å². The molecule has 0 saturated carbocycles. The lowest BCUT2D eigenvalue weighted by Crippen LogP contribution is -2.71. The minimum atomic E-state index is -1.31. The molecule has 278 valence electrons. The number of H-pyrrole nitrogens is 1. The van der Waals surface area contributed by atoms with Crippen LogP contribution in [0.3, 0.4) is 0 Å². The van der Waals surface area contributed by atoms with E-state index >= 15 is 0 Å². The molecule has 18 nitrogen and oxygen atoms in total. The molecule has 5 aliphatic heterocycles. The minimum Gasteiger partial charge on any atom is -0.503 e. The number of carbonyl (C=O) groups excluding carboxylic acids is 4.